The molecule has 1 heterocycles. The predicted octanol–water partition coefficient (Wildman–Crippen LogP) is 3.61. The summed E-state index contributed by atoms with van der Waals surface area (Å²) in [5, 5.41) is 16.3. The third-order valence-corrected chi connectivity index (χ3v) is 7.51. The lowest BCUT2D eigenvalue weighted by molar-refractivity contribution is -0.160. The summed E-state index contributed by atoms with van der Waals surface area (Å²) in [6.45, 7) is 8.21. The maximum absolute atomic E-state index is 14.7. The van der Waals surface area contributed by atoms with Gasteiger partial charge in [-0.1, -0.05) is 27.7 Å². The van der Waals surface area contributed by atoms with E-state index < -0.39 is 23.7 Å². The molecule has 144 valence electrons. The van der Waals surface area contributed by atoms with Crippen LogP contribution in [0.4, 0.5) is 10.1 Å². The van der Waals surface area contributed by atoms with Gasteiger partial charge in [-0.3, -0.25) is 4.79 Å². The number of aliphatic carboxylic acids is 1. The minimum atomic E-state index is -2.86. The maximum atomic E-state index is 14.7. The summed E-state index contributed by atoms with van der Waals surface area (Å²) in [5.74, 6) is -2.86. The zero-order chi connectivity index (χ0) is 19.4. The first-order valence-electron chi connectivity index (χ1n) is 9.01. The van der Waals surface area contributed by atoms with E-state index in [9.17, 15) is 14.0 Å². The number of halogens is 2. The van der Waals surface area contributed by atoms with Crippen LogP contribution in [0.2, 0.25) is 0 Å². The number of nitrogens with one attached hydrogen (secondary N) is 1. The van der Waals surface area contributed by atoms with Crippen molar-refractivity contribution in [3.8, 4) is 0 Å². The molecule has 26 heavy (non-hydrogen) atoms. The third kappa shape index (κ3) is 2.68. The predicted molar refractivity (Wildman–Crippen MR) is 99.8 cm³/mol. The van der Waals surface area contributed by atoms with E-state index in [0.717, 1.165) is 6.42 Å². The van der Waals surface area contributed by atoms with Crippen LogP contribution in [-0.4, -0.2) is 26.9 Å². The summed E-state index contributed by atoms with van der Waals surface area (Å²) < 4.78 is 15.2. The first-order valence-corrected chi connectivity index (χ1v) is 9.80. The van der Waals surface area contributed by atoms with Gasteiger partial charge in [-0.05, 0) is 51.9 Å². The van der Waals surface area contributed by atoms with Gasteiger partial charge in [0.05, 0.1) is 11.9 Å². The molecule has 0 amide bonds. The highest BCUT2D eigenvalue weighted by Crippen LogP contribution is 2.61. The van der Waals surface area contributed by atoms with Crippen molar-refractivity contribution >= 4 is 27.6 Å². The molecule has 0 saturated heterocycles. The van der Waals surface area contributed by atoms with E-state index in [-0.39, 0.29) is 10.5 Å². The molecule has 2 bridgehead atoms. The number of carboxylic acid groups (broad SMARTS) is 1. The second-order valence-corrected chi connectivity index (χ2v) is 9.01. The maximum Gasteiger partial charge on any atom is 0.364 e. The van der Waals surface area contributed by atoms with Crippen LogP contribution in [0.5, 0.6) is 0 Å². The van der Waals surface area contributed by atoms with Crippen LogP contribution in [0.1, 0.15) is 47.0 Å². The van der Waals surface area contributed by atoms with Gasteiger partial charge in [0.25, 0.3) is 5.56 Å². The minimum Gasteiger partial charge on any atom is -0.477 e. The topological polar surface area (TPSA) is 84.2 Å². The van der Waals surface area contributed by atoms with E-state index in [2.05, 4.69) is 47.1 Å². The Labute approximate surface area is 160 Å². The molecule has 1 unspecified atom stereocenters. The zero-order valence-corrected chi connectivity index (χ0v) is 17.0. The zero-order valence-electron chi connectivity index (χ0n) is 15.4. The number of fused-ring (bicyclic) bond motifs is 2. The second-order valence-electron chi connectivity index (χ2n) is 8.21. The smallest absolute Gasteiger partial charge is 0.364 e. The first kappa shape index (κ1) is 19.3. The standard InChI is InChI=1S/C18H25BrFN3O3/c1-5-18(20,16(25)26)23-15(24)14(19)13(8-21-23)22-12-7-10-6-11(9(12)2)17(10,3)4/h8-12,22H,5-7H2,1-4H3,(H,25,26)/t9-,10+,11-,12-,18?/m1/s1. The fraction of sp³-hybridized carbons (Fsp3) is 0.722. The lowest BCUT2D eigenvalue weighted by Gasteiger charge is -2.62. The number of carboxylic acids is 1. The lowest BCUT2D eigenvalue weighted by Crippen LogP contribution is -2.58. The molecule has 4 rings (SSSR count). The van der Waals surface area contributed by atoms with Gasteiger partial charge in [0.15, 0.2) is 0 Å². The number of hydrogen-bond acceptors (Lipinski definition) is 4. The summed E-state index contributed by atoms with van der Waals surface area (Å²) in [6.07, 6.45) is 3.19. The molecule has 6 nitrogen and oxygen atoms in total. The number of anilines is 1. The Kier molecular flexibility index (Phi) is 4.70. The Balaban J connectivity index is 1.86. The van der Waals surface area contributed by atoms with Crippen LogP contribution < -0.4 is 10.9 Å². The van der Waals surface area contributed by atoms with E-state index >= 15 is 0 Å². The van der Waals surface area contributed by atoms with E-state index in [1.54, 1.807) is 0 Å². The van der Waals surface area contributed by atoms with E-state index in [0.29, 0.717) is 33.5 Å². The van der Waals surface area contributed by atoms with Crippen LogP contribution in [0.15, 0.2) is 15.5 Å². The number of rotatable bonds is 5. The van der Waals surface area contributed by atoms with Crippen molar-refractivity contribution in [1.29, 1.82) is 0 Å². The molecule has 3 aliphatic rings. The Morgan fingerprint density at radius 2 is 2.19 bits per heavy atom. The monoisotopic (exact) mass is 429 g/mol. The van der Waals surface area contributed by atoms with Crippen molar-refractivity contribution in [3.63, 3.8) is 0 Å². The summed E-state index contributed by atoms with van der Waals surface area (Å²) in [6, 6.07) is 0.209. The third-order valence-electron chi connectivity index (χ3n) is 6.75. The molecule has 0 radical (unpaired) electrons. The normalized spacial score (nSPS) is 31.6. The van der Waals surface area contributed by atoms with Gasteiger partial charge >= 0.3 is 11.8 Å². The molecule has 3 fully saturated rings. The molecular weight excluding hydrogens is 405 g/mol. The number of hydrogen-bond donors (Lipinski definition) is 2. The molecule has 0 aromatic carbocycles. The molecule has 5 atom stereocenters. The van der Waals surface area contributed by atoms with Gasteiger partial charge in [-0.2, -0.15) is 9.78 Å². The van der Waals surface area contributed by atoms with Gasteiger partial charge in [-0.25, -0.2) is 9.18 Å². The van der Waals surface area contributed by atoms with E-state index in [1.165, 1.54) is 19.5 Å². The van der Waals surface area contributed by atoms with Crippen LogP contribution >= 0.6 is 15.9 Å². The van der Waals surface area contributed by atoms with Gasteiger partial charge in [0.2, 0.25) is 0 Å². The fourth-order valence-corrected chi connectivity index (χ4v) is 5.10. The summed E-state index contributed by atoms with van der Waals surface area (Å²) in [5.41, 5.74) is 0.0363. The number of nitrogens with zero attached hydrogens (tertiary/aromatic N) is 2. The van der Waals surface area contributed by atoms with Crippen molar-refractivity contribution in [2.45, 2.75) is 58.8 Å². The molecule has 1 aromatic rings. The summed E-state index contributed by atoms with van der Waals surface area (Å²) in [4.78, 5) is 23.8. The fourth-order valence-electron chi connectivity index (χ4n) is 4.72. The highest BCUT2D eigenvalue weighted by atomic mass is 79.9. The molecule has 8 heteroatoms. The van der Waals surface area contributed by atoms with E-state index in [4.69, 9.17) is 5.11 Å². The molecule has 0 aliphatic heterocycles. The van der Waals surface area contributed by atoms with Crippen LogP contribution in [-0.2, 0) is 10.6 Å². The van der Waals surface area contributed by atoms with Crippen molar-refractivity contribution in [2.24, 2.45) is 23.2 Å². The number of carbonyl (C=O) groups is 1. The van der Waals surface area contributed by atoms with E-state index in [1.807, 2.05) is 0 Å². The Bertz CT molecular complexity index is 796. The molecule has 3 saturated carbocycles. The summed E-state index contributed by atoms with van der Waals surface area (Å²) >= 11 is 3.20. The Morgan fingerprint density at radius 3 is 2.69 bits per heavy atom. The van der Waals surface area contributed by atoms with Crippen LogP contribution in [0, 0.1) is 23.2 Å². The Hall–Kier alpha value is -1.44. The quantitative estimate of drug-likeness (QED) is 0.746. The largest absolute Gasteiger partial charge is 0.477 e. The van der Waals surface area contributed by atoms with Crippen LogP contribution in [0.3, 0.4) is 0 Å². The van der Waals surface area contributed by atoms with Crippen molar-refractivity contribution < 1.29 is 14.3 Å². The lowest BCUT2D eigenvalue weighted by atomic mass is 9.45. The van der Waals surface area contributed by atoms with Gasteiger partial charge < -0.3 is 10.4 Å². The van der Waals surface area contributed by atoms with Crippen molar-refractivity contribution in [1.82, 2.24) is 9.78 Å². The molecule has 3 aliphatic carbocycles. The SMILES string of the molecule is CCC(F)(C(=O)O)n1ncc(N[C@@H]2C[C@@H]3C[C@H]([C@H]2C)C3(C)C)c(Br)c1=O. The van der Waals surface area contributed by atoms with Gasteiger partial charge in [0, 0.05) is 12.5 Å². The highest BCUT2D eigenvalue weighted by Gasteiger charge is 2.56. The molecule has 1 aromatic heterocycles. The Morgan fingerprint density at radius 1 is 1.54 bits per heavy atom. The average molecular weight is 430 g/mol. The van der Waals surface area contributed by atoms with Crippen molar-refractivity contribution in [3.05, 3.63) is 21.0 Å². The van der Waals surface area contributed by atoms with Crippen molar-refractivity contribution in [2.75, 3.05) is 5.32 Å². The average Bonchev–Trinajstić information content (AvgIpc) is 2.59. The van der Waals surface area contributed by atoms with Crippen LogP contribution in [0.25, 0.3) is 0 Å². The number of alkyl halides is 1. The first-order chi connectivity index (χ1) is 12.0. The van der Waals surface area contributed by atoms with Gasteiger partial charge in [-0.15, -0.1) is 0 Å². The van der Waals surface area contributed by atoms with Gasteiger partial charge in [0.1, 0.15) is 4.47 Å². The second kappa shape index (κ2) is 6.32. The molecule has 2 N–H and O–H groups in total. The minimum absolute atomic E-state index is 0.106. The summed E-state index contributed by atoms with van der Waals surface area (Å²) in [7, 11) is 0. The highest BCUT2D eigenvalue weighted by molar-refractivity contribution is 9.10. The molecular formula is C18H25BrFN3O3. The number of aromatic nitrogens is 2. The molecule has 0 spiro atoms.